The van der Waals surface area contributed by atoms with Crippen molar-refractivity contribution in [2.45, 2.75) is 64.8 Å². The molecule has 2 nitrogen and oxygen atoms in total. The summed E-state index contributed by atoms with van der Waals surface area (Å²) in [5.41, 5.74) is 0. The average molecular weight is 240 g/mol. The summed E-state index contributed by atoms with van der Waals surface area (Å²) in [6, 6.07) is 0.758. The fourth-order valence-corrected chi connectivity index (χ4v) is 3.24. The van der Waals surface area contributed by atoms with Crippen LogP contribution in [0.1, 0.15) is 58.8 Å². The standard InChI is InChI=1S/C15H32N2/c1-4-11-17(12-5-2)13-14-9-7-6-8-10-15(14)16-3/h14-16H,4-13H2,1-3H3. The van der Waals surface area contributed by atoms with E-state index in [0.29, 0.717) is 0 Å². The lowest BCUT2D eigenvalue weighted by atomic mass is 9.94. The second kappa shape index (κ2) is 8.93. The highest BCUT2D eigenvalue weighted by atomic mass is 15.1. The third-order valence-corrected chi connectivity index (χ3v) is 4.10. The van der Waals surface area contributed by atoms with Gasteiger partial charge in [0.25, 0.3) is 0 Å². The molecule has 0 aromatic heterocycles. The Morgan fingerprint density at radius 2 is 1.65 bits per heavy atom. The van der Waals surface area contributed by atoms with Crippen molar-refractivity contribution >= 4 is 0 Å². The first-order chi connectivity index (χ1) is 8.31. The Morgan fingerprint density at radius 1 is 1.00 bits per heavy atom. The van der Waals surface area contributed by atoms with Crippen molar-refractivity contribution < 1.29 is 0 Å². The van der Waals surface area contributed by atoms with Crippen molar-refractivity contribution in [3.8, 4) is 0 Å². The zero-order valence-electron chi connectivity index (χ0n) is 12.2. The van der Waals surface area contributed by atoms with Gasteiger partial charge < -0.3 is 10.2 Å². The number of hydrogen-bond donors (Lipinski definition) is 1. The zero-order valence-corrected chi connectivity index (χ0v) is 12.2. The lowest BCUT2D eigenvalue weighted by molar-refractivity contribution is 0.197. The van der Waals surface area contributed by atoms with Gasteiger partial charge in [-0.15, -0.1) is 0 Å². The zero-order chi connectivity index (χ0) is 12.5. The molecule has 1 aliphatic carbocycles. The molecule has 1 aliphatic rings. The van der Waals surface area contributed by atoms with Crippen LogP contribution in [-0.4, -0.2) is 37.6 Å². The van der Waals surface area contributed by atoms with Gasteiger partial charge in [0.15, 0.2) is 0 Å². The molecule has 0 aliphatic heterocycles. The van der Waals surface area contributed by atoms with Crippen LogP contribution >= 0.6 is 0 Å². The van der Waals surface area contributed by atoms with Crippen LogP contribution in [0.4, 0.5) is 0 Å². The molecule has 1 N–H and O–H groups in total. The van der Waals surface area contributed by atoms with Gasteiger partial charge >= 0.3 is 0 Å². The Labute approximate surface area is 108 Å². The minimum absolute atomic E-state index is 0.758. The summed E-state index contributed by atoms with van der Waals surface area (Å²) < 4.78 is 0. The summed E-state index contributed by atoms with van der Waals surface area (Å²) in [5, 5.41) is 3.56. The summed E-state index contributed by atoms with van der Waals surface area (Å²) in [7, 11) is 2.15. The predicted octanol–water partition coefficient (Wildman–Crippen LogP) is 3.28. The topological polar surface area (TPSA) is 15.3 Å². The monoisotopic (exact) mass is 240 g/mol. The Bertz CT molecular complexity index is 176. The lowest BCUT2D eigenvalue weighted by Gasteiger charge is -2.31. The first-order valence-electron chi connectivity index (χ1n) is 7.71. The number of hydrogen-bond acceptors (Lipinski definition) is 2. The van der Waals surface area contributed by atoms with Gasteiger partial charge in [-0.2, -0.15) is 0 Å². The number of nitrogens with zero attached hydrogens (tertiary/aromatic N) is 1. The largest absolute Gasteiger partial charge is 0.317 e. The van der Waals surface area contributed by atoms with Gasteiger partial charge in [-0.1, -0.05) is 33.1 Å². The predicted molar refractivity (Wildman–Crippen MR) is 76.4 cm³/mol. The van der Waals surface area contributed by atoms with E-state index < -0.39 is 0 Å². The first-order valence-corrected chi connectivity index (χ1v) is 7.71. The molecule has 2 heteroatoms. The third kappa shape index (κ3) is 5.39. The van der Waals surface area contributed by atoms with Crippen LogP contribution in [0.25, 0.3) is 0 Å². The maximum atomic E-state index is 3.56. The molecule has 0 amide bonds. The van der Waals surface area contributed by atoms with E-state index >= 15 is 0 Å². The molecule has 0 bridgehead atoms. The van der Waals surface area contributed by atoms with Crippen molar-refractivity contribution in [2.24, 2.45) is 5.92 Å². The minimum Gasteiger partial charge on any atom is -0.317 e. The molecule has 0 heterocycles. The van der Waals surface area contributed by atoms with E-state index in [-0.39, 0.29) is 0 Å². The second-order valence-electron chi connectivity index (χ2n) is 5.59. The SMILES string of the molecule is CCCN(CCC)CC1CCCCCC1NC. The van der Waals surface area contributed by atoms with Crippen LogP contribution in [-0.2, 0) is 0 Å². The van der Waals surface area contributed by atoms with Crippen LogP contribution in [0.15, 0.2) is 0 Å². The van der Waals surface area contributed by atoms with Crippen LogP contribution in [0.3, 0.4) is 0 Å². The maximum absolute atomic E-state index is 3.56. The van der Waals surface area contributed by atoms with E-state index in [1.165, 1.54) is 64.6 Å². The van der Waals surface area contributed by atoms with Crippen LogP contribution in [0.5, 0.6) is 0 Å². The summed E-state index contributed by atoms with van der Waals surface area (Å²) in [4.78, 5) is 2.68. The molecule has 2 unspecified atom stereocenters. The quantitative estimate of drug-likeness (QED) is 0.687. The smallest absolute Gasteiger partial charge is 0.0104 e. The molecule has 1 saturated carbocycles. The molecule has 2 atom stereocenters. The summed E-state index contributed by atoms with van der Waals surface area (Å²) in [6.07, 6.45) is 9.69. The molecule has 0 saturated heterocycles. The van der Waals surface area contributed by atoms with Gasteiger partial charge in [0.2, 0.25) is 0 Å². The third-order valence-electron chi connectivity index (χ3n) is 4.10. The highest BCUT2D eigenvalue weighted by molar-refractivity contribution is 4.80. The van der Waals surface area contributed by atoms with Gasteiger partial charge in [-0.05, 0) is 51.7 Å². The van der Waals surface area contributed by atoms with Crippen molar-refractivity contribution in [3.63, 3.8) is 0 Å². The molecule has 17 heavy (non-hydrogen) atoms. The van der Waals surface area contributed by atoms with Crippen molar-refractivity contribution in [1.29, 1.82) is 0 Å². The van der Waals surface area contributed by atoms with Crippen molar-refractivity contribution in [1.82, 2.24) is 10.2 Å². The minimum atomic E-state index is 0.758. The number of rotatable bonds is 7. The van der Waals surface area contributed by atoms with Crippen molar-refractivity contribution in [2.75, 3.05) is 26.7 Å². The van der Waals surface area contributed by atoms with Gasteiger partial charge in [-0.25, -0.2) is 0 Å². The molecule has 1 fully saturated rings. The number of nitrogens with one attached hydrogen (secondary N) is 1. The van der Waals surface area contributed by atoms with Crippen LogP contribution < -0.4 is 5.32 Å². The lowest BCUT2D eigenvalue weighted by Crippen LogP contribution is -2.41. The molecule has 0 spiro atoms. The van der Waals surface area contributed by atoms with E-state index in [9.17, 15) is 0 Å². The molecule has 102 valence electrons. The Balaban J connectivity index is 2.47. The van der Waals surface area contributed by atoms with E-state index in [1.54, 1.807) is 0 Å². The fraction of sp³-hybridized carbons (Fsp3) is 1.00. The highest BCUT2D eigenvalue weighted by Gasteiger charge is 2.23. The fourth-order valence-electron chi connectivity index (χ4n) is 3.24. The highest BCUT2D eigenvalue weighted by Crippen LogP contribution is 2.24. The van der Waals surface area contributed by atoms with Crippen molar-refractivity contribution in [3.05, 3.63) is 0 Å². The van der Waals surface area contributed by atoms with E-state index in [0.717, 1.165) is 12.0 Å². The summed E-state index contributed by atoms with van der Waals surface area (Å²) >= 11 is 0. The van der Waals surface area contributed by atoms with Gasteiger partial charge in [0.1, 0.15) is 0 Å². The van der Waals surface area contributed by atoms with E-state index in [2.05, 4.69) is 31.1 Å². The normalized spacial score (nSPS) is 26.1. The Hall–Kier alpha value is -0.0800. The van der Waals surface area contributed by atoms with Gasteiger partial charge in [-0.3, -0.25) is 0 Å². The van der Waals surface area contributed by atoms with Crippen LogP contribution in [0.2, 0.25) is 0 Å². The Morgan fingerprint density at radius 3 is 2.24 bits per heavy atom. The molecule has 0 aromatic rings. The molecular formula is C15H32N2. The van der Waals surface area contributed by atoms with E-state index in [1.807, 2.05) is 0 Å². The Kier molecular flexibility index (Phi) is 7.87. The first kappa shape index (κ1) is 15.0. The van der Waals surface area contributed by atoms with E-state index in [4.69, 9.17) is 0 Å². The molecular weight excluding hydrogens is 208 g/mol. The molecule has 0 aromatic carbocycles. The van der Waals surface area contributed by atoms with Gasteiger partial charge in [0.05, 0.1) is 0 Å². The maximum Gasteiger partial charge on any atom is 0.0104 e. The molecule has 0 radical (unpaired) electrons. The second-order valence-corrected chi connectivity index (χ2v) is 5.59. The van der Waals surface area contributed by atoms with Gasteiger partial charge in [0, 0.05) is 12.6 Å². The molecule has 1 rings (SSSR count). The summed E-state index contributed by atoms with van der Waals surface area (Å²) in [6.45, 7) is 8.46. The average Bonchev–Trinajstić information content (AvgIpc) is 2.55. The van der Waals surface area contributed by atoms with Crippen LogP contribution in [0, 0.1) is 5.92 Å². The summed E-state index contributed by atoms with van der Waals surface area (Å²) in [5.74, 6) is 0.876.